The summed E-state index contributed by atoms with van der Waals surface area (Å²) in [5, 5.41) is 3.37. The molecule has 0 N–H and O–H groups in total. The van der Waals surface area contributed by atoms with Gasteiger partial charge in [0.15, 0.2) is 0 Å². The van der Waals surface area contributed by atoms with E-state index in [2.05, 4.69) is 104 Å². The molecule has 1 heterocycles. The number of carbonyl (C=O) groups excluding carboxylic acids is 1. The van der Waals surface area contributed by atoms with Crippen LogP contribution in [0.3, 0.4) is 0 Å². The number of benzene rings is 5. The van der Waals surface area contributed by atoms with Gasteiger partial charge in [0.2, 0.25) is 6.10 Å². The van der Waals surface area contributed by atoms with E-state index in [4.69, 9.17) is 14.2 Å². The van der Waals surface area contributed by atoms with Crippen LogP contribution in [0.4, 0.5) is 5.69 Å². The lowest BCUT2D eigenvalue weighted by Crippen LogP contribution is -2.71. The molecule has 1 fully saturated rings. The molecule has 0 bridgehead atoms. The highest BCUT2D eigenvalue weighted by molar-refractivity contribution is 7.87. The number of hydrogen-bond donors (Lipinski definition) is 0. The molecule has 0 spiro atoms. The molecule has 1 aliphatic heterocycles. The van der Waals surface area contributed by atoms with Crippen LogP contribution < -0.4 is 30.3 Å². The maximum absolute atomic E-state index is 14.1. The molecule has 5 aromatic rings. The number of rotatable bonds is 9. The van der Waals surface area contributed by atoms with Crippen molar-refractivity contribution in [2.24, 2.45) is 4.74 Å². The second-order valence-electron chi connectivity index (χ2n) is 12.5. The van der Waals surface area contributed by atoms with Crippen molar-refractivity contribution in [1.29, 1.82) is 0 Å². The van der Waals surface area contributed by atoms with Crippen molar-refractivity contribution in [2.45, 2.75) is 37.8 Å². The Hall–Kier alpha value is -4.82. The zero-order valence-corrected chi connectivity index (χ0v) is 29.0. The van der Waals surface area contributed by atoms with Gasteiger partial charge >= 0.3 is 0 Å². The van der Waals surface area contributed by atoms with Crippen LogP contribution in [0.25, 0.3) is 0 Å². The summed E-state index contributed by atoms with van der Waals surface area (Å²) in [6, 6.07) is 47.7. The SMILES string of the molecule is COc1ccc(N2C(=O)[C@H](Oc3ccccc3)[C@@H]2[C@H](C#C[Si](C)(C)C)N=P(c2ccccc2)(c2ccccc2)c2ccccc2)cc1. The van der Waals surface area contributed by atoms with E-state index in [0.29, 0.717) is 5.75 Å². The third-order valence-corrected chi connectivity index (χ3v) is 12.7. The van der Waals surface area contributed by atoms with E-state index in [-0.39, 0.29) is 5.91 Å². The van der Waals surface area contributed by atoms with Gasteiger partial charge in [0.1, 0.15) is 31.7 Å². The first kappa shape index (κ1) is 32.1. The monoisotopic (exact) mass is 654 g/mol. The van der Waals surface area contributed by atoms with E-state index >= 15 is 0 Å². The fourth-order valence-corrected chi connectivity index (χ4v) is 10.1. The van der Waals surface area contributed by atoms with Gasteiger partial charge in [-0.3, -0.25) is 14.4 Å². The van der Waals surface area contributed by atoms with E-state index in [1.165, 1.54) is 0 Å². The van der Waals surface area contributed by atoms with Crippen LogP contribution in [0.2, 0.25) is 19.6 Å². The lowest BCUT2D eigenvalue weighted by molar-refractivity contribution is -0.134. The third kappa shape index (κ3) is 6.83. The van der Waals surface area contributed by atoms with Gasteiger partial charge in [0, 0.05) is 21.6 Å². The van der Waals surface area contributed by atoms with Gasteiger partial charge in [-0.05, 0) is 36.4 Å². The Morgan fingerprint density at radius 2 is 1.15 bits per heavy atom. The number of para-hydroxylation sites is 1. The molecule has 7 heteroatoms. The Morgan fingerprint density at radius 3 is 1.60 bits per heavy atom. The van der Waals surface area contributed by atoms with Crippen molar-refractivity contribution in [2.75, 3.05) is 12.0 Å². The molecule has 0 aliphatic carbocycles. The first-order valence-corrected chi connectivity index (χ1v) is 21.0. The van der Waals surface area contributed by atoms with Gasteiger partial charge in [-0.1, -0.05) is 135 Å². The summed E-state index contributed by atoms with van der Waals surface area (Å²) < 4.78 is 17.9. The molecule has 0 saturated carbocycles. The van der Waals surface area contributed by atoms with Crippen LogP contribution in [-0.2, 0) is 4.79 Å². The molecule has 47 heavy (non-hydrogen) atoms. The van der Waals surface area contributed by atoms with Crippen LogP contribution in [-0.4, -0.2) is 39.3 Å². The molecule has 0 aromatic heterocycles. The van der Waals surface area contributed by atoms with Gasteiger partial charge in [0.25, 0.3) is 5.91 Å². The van der Waals surface area contributed by atoms with Crippen molar-refractivity contribution in [3.8, 4) is 23.0 Å². The number of hydrogen-bond acceptors (Lipinski definition) is 4. The third-order valence-electron chi connectivity index (χ3n) is 8.05. The summed E-state index contributed by atoms with van der Waals surface area (Å²) in [5.74, 6) is 4.89. The molecular weight excluding hydrogens is 616 g/mol. The Bertz CT molecular complexity index is 1820. The molecule has 5 aromatic carbocycles. The van der Waals surface area contributed by atoms with Gasteiger partial charge < -0.3 is 9.47 Å². The minimum Gasteiger partial charge on any atom is -0.497 e. The molecule has 3 atom stereocenters. The average Bonchev–Trinajstić information content (AvgIpc) is 3.11. The normalized spacial score (nSPS) is 16.7. The van der Waals surface area contributed by atoms with Gasteiger partial charge in [-0.25, -0.2) is 0 Å². The summed E-state index contributed by atoms with van der Waals surface area (Å²) in [6.45, 7) is 6.70. The number of nitrogens with zero attached hydrogens (tertiary/aromatic N) is 2. The summed E-state index contributed by atoms with van der Waals surface area (Å²) in [5.41, 5.74) is 4.39. The van der Waals surface area contributed by atoms with E-state index in [0.717, 1.165) is 27.4 Å². The smallest absolute Gasteiger partial charge is 0.270 e. The molecule has 236 valence electrons. The Morgan fingerprint density at radius 1 is 0.681 bits per heavy atom. The molecule has 0 radical (unpaired) electrons. The van der Waals surface area contributed by atoms with E-state index in [1.807, 2.05) is 77.7 Å². The molecular formula is C40H39N2O3PSi. The first-order chi connectivity index (χ1) is 22.8. The predicted molar refractivity (Wildman–Crippen MR) is 198 cm³/mol. The van der Waals surface area contributed by atoms with Gasteiger partial charge in [-0.15, -0.1) is 5.54 Å². The highest BCUT2D eigenvalue weighted by atomic mass is 31.2. The van der Waals surface area contributed by atoms with Crippen LogP contribution in [0.5, 0.6) is 11.5 Å². The minimum absolute atomic E-state index is 0.123. The van der Waals surface area contributed by atoms with Crippen molar-refractivity contribution < 1.29 is 14.3 Å². The Balaban J connectivity index is 1.64. The zero-order chi connectivity index (χ0) is 32.9. The number of β-lactam (4-membered cyclic amide) rings is 1. The standard InChI is InChI=1S/C40H39N2O3PSi/c1-44-32-27-25-31(26-28-32)42-38(39(40(42)43)45-33-17-9-5-10-18-33)37(29-30-47(2,3)4)41-46(34-19-11-6-12-20-34,35-21-13-7-14-22-35)36-23-15-8-16-24-36/h5-28,37-39H,1-4H3/t37-,38-,39+/m0/s1. The molecule has 6 rings (SSSR count). The van der Waals surface area contributed by atoms with Crippen molar-refractivity contribution in [3.63, 3.8) is 0 Å². The summed E-state index contributed by atoms with van der Waals surface area (Å²) >= 11 is 0. The Labute approximate surface area is 279 Å². The second kappa shape index (κ2) is 13.9. The van der Waals surface area contributed by atoms with Crippen molar-refractivity contribution in [3.05, 3.63) is 146 Å². The Kier molecular flexibility index (Phi) is 9.50. The van der Waals surface area contributed by atoms with Crippen LogP contribution >= 0.6 is 7.05 Å². The lowest BCUT2D eigenvalue weighted by atomic mass is 9.90. The van der Waals surface area contributed by atoms with Crippen LogP contribution in [0, 0.1) is 11.5 Å². The molecule has 1 amide bonds. The molecule has 5 nitrogen and oxygen atoms in total. The number of methoxy groups -OCH3 is 1. The number of amides is 1. The molecule has 1 saturated heterocycles. The maximum atomic E-state index is 14.1. The maximum Gasteiger partial charge on any atom is 0.270 e. The van der Waals surface area contributed by atoms with Crippen LogP contribution in [0.15, 0.2) is 150 Å². The lowest BCUT2D eigenvalue weighted by Gasteiger charge is -2.48. The highest BCUT2D eigenvalue weighted by Crippen LogP contribution is 2.49. The topological polar surface area (TPSA) is 51.1 Å². The highest BCUT2D eigenvalue weighted by Gasteiger charge is 2.54. The largest absolute Gasteiger partial charge is 0.497 e. The molecule has 0 unspecified atom stereocenters. The first-order valence-electron chi connectivity index (χ1n) is 15.8. The van der Waals surface area contributed by atoms with Crippen molar-refractivity contribution >= 4 is 42.6 Å². The number of ether oxygens (including phenoxy) is 2. The van der Waals surface area contributed by atoms with Gasteiger partial charge in [0.05, 0.1) is 14.2 Å². The zero-order valence-electron chi connectivity index (χ0n) is 27.2. The van der Waals surface area contributed by atoms with E-state index in [9.17, 15) is 4.79 Å². The van der Waals surface area contributed by atoms with E-state index < -0.39 is 33.3 Å². The number of anilines is 1. The summed E-state index contributed by atoms with van der Waals surface area (Å²) in [6.07, 6.45) is -0.770. The molecule has 1 aliphatic rings. The van der Waals surface area contributed by atoms with Crippen LogP contribution in [0.1, 0.15) is 0 Å². The van der Waals surface area contributed by atoms with Gasteiger partial charge in [-0.2, -0.15) is 0 Å². The summed E-state index contributed by atoms with van der Waals surface area (Å²) in [4.78, 5) is 15.9. The van der Waals surface area contributed by atoms with Crippen molar-refractivity contribution in [1.82, 2.24) is 0 Å². The second-order valence-corrected chi connectivity index (χ2v) is 20.3. The quantitative estimate of drug-likeness (QED) is 0.0727. The van der Waals surface area contributed by atoms with E-state index in [1.54, 1.807) is 7.11 Å². The fraction of sp³-hybridized carbons (Fsp3) is 0.175. The minimum atomic E-state index is -2.66. The number of carbonyl (C=O) groups is 1. The fourth-order valence-electron chi connectivity index (χ4n) is 5.84. The summed E-state index contributed by atoms with van der Waals surface area (Å²) in [7, 11) is -2.89. The predicted octanol–water partition coefficient (Wildman–Crippen LogP) is 7.29. The average molecular weight is 655 g/mol.